The number of furan rings is 1. The van der Waals surface area contributed by atoms with Crippen LogP contribution in [0.3, 0.4) is 0 Å². The molecule has 0 bridgehead atoms. The van der Waals surface area contributed by atoms with E-state index < -0.39 is 12.6 Å². The average Bonchev–Trinajstić information content (AvgIpc) is 3.42. The van der Waals surface area contributed by atoms with Crippen LogP contribution in [-0.2, 0) is 18.3 Å². The summed E-state index contributed by atoms with van der Waals surface area (Å²) in [6.07, 6.45) is 2.88. The van der Waals surface area contributed by atoms with Crippen molar-refractivity contribution >= 4 is 11.6 Å². The quantitative estimate of drug-likeness (QED) is 0.405. The molecule has 0 radical (unpaired) electrons. The van der Waals surface area contributed by atoms with Crippen LogP contribution < -0.4 is 19.5 Å². The van der Waals surface area contributed by atoms with E-state index in [1.807, 2.05) is 6.07 Å². The second-order valence-corrected chi connectivity index (χ2v) is 9.46. The summed E-state index contributed by atoms with van der Waals surface area (Å²) in [7, 11) is 2.93. The average molecular weight is 482 g/mol. The molecule has 3 aromatic rings. The zero-order valence-electron chi connectivity index (χ0n) is 20.9. The lowest BCUT2D eigenvalue weighted by Crippen LogP contribution is -2.13. The maximum absolute atomic E-state index is 13.0. The van der Waals surface area contributed by atoms with Gasteiger partial charge in [-0.1, -0.05) is 26.0 Å². The molecular weight excluding hydrogens is 449 g/mol. The zero-order chi connectivity index (χ0) is 25.2. The van der Waals surface area contributed by atoms with E-state index in [9.17, 15) is 9.18 Å². The van der Waals surface area contributed by atoms with Crippen molar-refractivity contribution < 1.29 is 27.8 Å². The van der Waals surface area contributed by atoms with Crippen LogP contribution in [0.2, 0.25) is 0 Å². The maximum Gasteiger partial charge on any atom is 0.291 e. The fourth-order valence-corrected chi connectivity index (χ4v) is 4.63. The number of carbonyl (C=O) groups is 1. The lowest BCUT2D eigenvalue weighted by atomic mass is 9.84. The van der Waals surface area contributed by atoms with Crippen molar-refractivity contribution in [2.75, 3.05) is 32.8 Å². The highest BCUT2D eigenvalue weighted by Crippen LogP contribution is 2.41. The Kier molecular flexibility index (Phi) is 7.05. The fraction of sp³-hybridized carbons (Fsp3) is 0.393. The number of rotatable bonds is 9. The van der Waals surface area contributed by atoms with Gasteiger partial charge in [0, 0.05) is 18.6 Å². The van der Waals surface area contributed by atoms with Gasteiger partial charge in [0.15, 0.2) is 5.76 Å². The number of aryl methyl sites for hydroxylation is 2. The molecule has 0 spiro atoms. The van der Waals surface area contributed by atoms with Gasteiger partial charge in [0.05, 0.1) is 14.2 Å². The lowest BCUT2D eigenvalue weighted by Gasteiger charge is -2.20. The van der Waals surface area contributed by atoms with E-state index in [1.165, 1.54) is 36.5 Å². The van der Waals surface area contributed by atoms with E-state index in [0.717, 1.165) is 12.8 Å². The minimum Gasteiger partial charge on any atom is -0.494 e. The number of nitrogens with one attached hydrogen (secondary N) is 1. The van der Waals surface area contributed by atoms with Crippen molar-refractivity contribution in [2.24, 2.45) is 0 Å². The number of hydrogen-bond donors (Lipinski definition) is 1. The van der Waals surface area contributed by atoms with E-state index >= 15 is 0 Å². The number of alkyl halides is 1. The third-order valence-corrected chi connectivity index (χ3v) is 6.62. The number of methoxy groups -OCH3 is 2. The number of benzene rings is 2. The molecule has 6 nitrogen and oxygen atoms in total. The highest BCUT2D eigenvalue weighted by Gasteiger charge is 2.30. The Hall–Kier alpha value is -3.48. The molecule has 2 aromatic carbocycles. The van der Waals surface area contributed by atoms with Crippen LogP contribution >= 0.6 is 0 Å². The standard InChI is InChI=1S/C28H32FNO5/c1-17-12-18-8-9-28(2,3)22(18)14-19(17)13-20-6-7-23(35-20)27(31)30-26-24(32-4)15-21(34-11-10-29)16-25(26)33-5/h6-7,12,14-16H,8-11,13H2,1-5H3,(H,30,31). The Labute approximate surface area is 205 Å². The first-order valence-electron chi connectivity index (χ1n) is 11.7. The van der Waals surface area contributed by atoms with Crippen LogP contribution in [0.4, 0.5) is 10.1 Å². The molecule has 1 aliphatic carbocycles. The van der Waals surface area contributed by atoms with Gasteiger partial charge in [0.1, 0.15) is 42.0 Å². The number of ether oxygens (including phenoxy) is 3. The van der Waals surface area contributed by atoms with Crippen molar-refractivity contribution in [3.05, 3.63) is 70.2 Å². The van der Waals surface area contributed by atoms with Crippen molar-refractivity contribution in [3.8, 4) is 17.2 Å². The van der Waals surface area contributed by atoms with E-state index in [2.05, 4.69) is 38.2 Å². The molecule has 186 valence electrons. The van der Waals surface area contributed by atoms with Crippen LogP contribution in [0, 0.1) is 6.92 Å². The van der Waals surface area contributed by atoms with E-state index in [-0.39, 0.29) is 17.8 Å². The van der Waals surface area contributed by atoms with Crippen molar-refractivity contribution in [1.82, 2.24) is 0 Å². The lowest BCUT2D eigenvalue weighted by molar-refractivity contribution is 0.0994. The first kappa shape index (κ1) is 24.6. The second-order valence-electron chi connectivity index (χ2n) is 9.46. The van der Waals surface area contributed by atoms with Gasteiger partial charge < -0.3 is 23.9 Å². The summed E-state index contributed by atoms with van der Waals surface area (Å²) in [5, 5.41) is 2.80. The minimum absolute atomic E-state index is 0.0889. The Morgan fingerprint density at radius 3 is 2.49 bits per heavy atom. The molecule has 4 rings (SSSR count). The van der Waals surface area contributed by atoms with Gasteiger partial charge in [0.25, 0.3) is 5.91 Å². The summed E-state index contributed by atoms with van der Waals surface area (Å²) in [6.45, 7) is 5.99. The fourth-order valence-electron chi connectivity index (χ4n) is 4.63. The van der Waals surface area contributed by atoms with Crippen molar-refractivity contribution in [1.29, 1.82) is 0 Å². The normalized spacial score (nSPS) is 13.9. The predicted molar refractivity (Wildman–Crippen MR) is 133 cm³/mol. The molecular formula is C28H32FNO5. The van der Waals surface area contributed by atoms with Gasteiger partial charge in [-0.2, -0.15) is 0 Å². The van der Waals surface area contributed by atoms with Crippen LogP contribution in [0.15, 0.2) is 40.8 Å². The number of anilines is 1. The molecule has 1 heterocycles. The van der Waals surface area contributed by atoms with Crippen LogP contribution in [0.25, 0.3) is 0 Å². The summed E-state index contributed by atoms with van der Waals surface area (Å²) in [5.74, 6) is 1.49. The first-order chi connectivity index (χ1) is 16.7. The largest absolute Gasteiger partial charge is 0.494 e. The number of hydrogen-bond acceptors (Lipinski definition) is 5. The van der Waals surface area contributed by atoms with Gasteiger partial charge in [-0.15, -0.1) is 0 Å². The van der Waals surface area contributed by atoms with Gasteiger partial charge in [-0.05, 0) is 59.6 Å². The molecule has 0 unspecified atom stereocenters. The Balaban J connectivity index is 1.53. The summed E-state index contributed by atoms with van der Waals surface area (Å²) in [4.78, 5) is 13.0. The molecule has 0 atom stereocenters. The number of halogens is 1. The molecule has 0 aliphatic heterocycles. The zero-order valence-corrected chi connectivity index (χ0v) is 20.9. The van der Waals surface area contributed by atoms with Crippen LogP contribution in [0.5, 0.6) is 17.2 Å². The van der Waals surface area contributed by atoms with Gasteiger partial charge in [0.2, 0.25) is 0 Å². The molecule has 1 amide bonds. The third kappa shape index (κ3) is 5.14. The Morgan fingerprint density at radius 1 is 1.11 bits per heavy atom. The summed E-state index contributed by atoms with van der Waals surface area (Å²) < 4.78 is 34.5. The highest BCUT2D eigenvalue weighted by molar-refractivity contribution is 6.04. The van der Waals surface area contributed by atoms with Gasteiger partial charge >= 0.3 is 0 Å². The van der Waals surface area contributed by atoms with E-state index in [0.29, 0.717) is 35.1 Å². The van der Waals surface area contributed by atoms with Crippen molar-refractivity contribution in [3.63, 3.8) is 0 Å². The number of carbonyl (C=O) groups excluding carboxylic acids is 1. The predicted octanol–water partition coefficient (Wildman–Crippen LogP) is 6.02. The number of fused-ring (bicyclic) bond motifs is 1. The summed E-state index contributed by atoms with van der Waals surface area (Å²) in [6, 6.07) is 11.2. The van der Waals surface area contributed by atoms with E-state index in [4.69, 9.17) is 18.6 Å². The van der Waals surface area contributed by atoms with Gasteiger partial charge in [-0.25, -0.2) is 4.39 Å². The summed E-state index contributed by atoms with van der Waals surface area (Å²) >= 11 is 0. The molecule has 1 aromatic heterocycles. The first-order valence-corrected chi connectivity index (χ1v) is 11.7. The third-order valence-electron chi connectivity index (χ3n) is 6.62. The smallest absolute Gasteiger partial charge is 0.291 e. The second kappa shape index (κ2) is 10.0. The molecule has 7 heteroatoms. The Morgan fingerprint density at radius 2 is 1.83 bits per heavy atom. The monoisotopic (exact) mass is 481 g/mol. The SMILES string of the molecule is COc1cc(OCCF)cc(OC)c1NC(=O)c1ccc(Cc2cc3c(cc2C)CCC3(C)C)o1. The highest BCUT2D eigenvalue weighted by atomic mass is 19.1. The maximum atomic E-state index is 13.0. The minimum atomic E-state index is -0.618. The Bertz CT molecular complexity index is 1210. The molecule has 0 saturated carbocycles. The van der Waals surface area contributed by atoms with Crippen LogP contribution in [-0.4, -0.2) is 33.4 Å². The van der Waals surface area contributed by atoms with Gasteiger partial charge in [-0.3, -0.25) is 4.79 Å². The topological polar surface area (TPSA) is 69.9 Å². The van der Waals surface area contributed by atoms with Crippen molar-refractivity contribution in [2.45, 2.75) is 45.4 Å². The van der Waals surface area contributed by atoms with E-state index in [1.54, 1.807) is 18.2 Å². The molecule has 1 N–H and O–H groups in total. The molecule has 0 saturated heterocycles. The number of amides is 1. The molecule has 0 fully saturated rings. The molecule has 1 aliphatic rings. The molecule has 35 heavy (non-hydrogen) atoms. The van der Waals surface area contributed by atoms with Crippen LogP contribution in [0.1, 0.15) is 58.8 Å². The summed E-state index contributed by atoms with van der Waals surface area (Å²) in [5.41, 5.74) is 5.78.